The predicted octanol–water partition coefficient (Wildman–Crippen LogP) is 3.72. The zero-order valence-corrected chi connectivity index (χ0v) is 15.0. The van der Waals surface area contributed by atoms with Gasteiger partial charge < -0.3 is 5.11 Å². The monoisotopic (exact) mass is 383 g/mol. The lowest BCUT2D eigenvalue weighted by atomic mass is 10.0. The molecule has 0 bridgehead atoms. The molecule has 0 saturated carbocycles. The van der Waals surface area contributed by atoms with Crippen LogP contribution in [-0.2, 0) is 10.0 Å². The van der Waals surface area contributed by atoms with Gasteiger partial charge in [0.1, 0.15) is 16.4 Å². The summed E-state index contributed by atoms with van der Waals surface area (Å²) in [6.07, 6.45) is 0. The number of benzene rings is 3. The number of aliphatic hydroxyl groups is 1. The van der Waals surface area contributed by atoms with Crippen molar-refractivity contribution in [2.45, 2.75) is 4.90 Å². The van der Waals surface area contributed by atoms with E-state index in [4.69, 9.17) is 0 Å². The number of carbonyl (C=O) groups is 1. The largest absolute Gasteiger partial charge is 0.505 e. The molecular formula is C20H14FNO4S. The van der Waals surface area contributed by atoms with E-state index in [-0.39, 0.29) is 21.7 Å². The van der Waals surface area contributed by atoms with Crippen molar-refractivity contribution in [3.8, 4) is 0 Å². The molecule has 0 spiro atoms. The molecule has 1 aliphatic rings. The lowest BCUT2D eigenvalue weighted by Crippen LogP contribution is -2.35. The second-order valence-electron chi connectivity index (χ2n) is 6.20. The molecular weight excluding hydrogens is 369 g/mol. The van der Waals surface area contributed by atoms with E-state index in [0.717, 1.165) is 36.0 Å². The summed E-state index contributed by atoms with van der Waals surface area (Å²) in [5, 5.41) is 12.3. The summed E-state index contributed by atoms with van der Waals surface area (Å²) in [6, 6.07) is 15.4. The lowest BCUT2D eigenvalue weighted by molar-refractivity contribution is 0.101. The number of ketones is 1. The van der Waals surface area contributed by atoms with Gasteiger partial charge in [0, 0.05) is 18.2 Å². The van der Waals surface area contributed by atoms with Crippen LogP contribution >= 0.6 is 0 Å². The quantitative estimate of drug-likeness (QED) is 0.685. The molecule has 3 aromatic rings. The zero-order chi connectivity index (χ0) is 19.3. The van der Waals surface area contributed by atoms with Crippen LogP contribution in [0.3, 0.4) is 0 Å². The highest BCUT2D eigenvalue weighted by Gasteiger charge is 2.38. The molecule has 0 atom stereocenters. The molecule has 1 heterocycles. The number of hydrogen-bond acceptors (Lipinski definition) is 4. The lowest BCUT2D eigenvalue weighted by Gasteiger charge is -2.28. The van der Waals surface area contributed by atoms with E-state index >= 15 is 0 Å². The number of nitrogens with zero attached hydrogens (tertiary/aromatic N) is 1. The van der Waals surface area contributed by atoms with Crippen molar-refractivity contribution in [1.82, 2.24) is 4.31 Å². The number of rotatable bonds is 2. The van der Waals surface area contributed by atoms with E-state index in [1.165, 1.54) is 0 Å². The molecule has 1 N–H and O–H groups in total. The third-order valence-corrected chi connectivity index (χ3v) is 6.40. The smallest absolute Gasteiger partial charge is 0.265 e. The Balaban J connectivity index is 1.92. The van der Waals surface area contributed by atoms with Crippen molar-refractivity contribution in [3.63, 3.8) is 0 Å². The minimum absolute atomic E-state index is 0.0985. The standard InChI is InChI=1S/C20H14FNO4S/c1-22-18(19(23)14-7-6-12-4-2-3-5-13(12)10-14)20(24)16-9-8-15(21)11-17(16)27(22,25)26/h2-11,24H,1H3. The SMILES string of the molecule is CN1C(C(=O)c2ccc3ccccc3c2)=C(O)c2ccc(F)cc2S1(=O)=O. The first-order chi connectivity index (χ1) is 12.8. The Morgan fingerprint density at radius 3 is 2.44 bits per heavy atom. The van der Waals surface area contributed by atoms with E-state index in [2.05, 4.69) is 0 Å². The van der Waals surface area contributed by atoms with Crippen LogP contribution in [0.4, 0.5) is 4.39 Å². The van der Waals surface area contributed by atoms with Crippen LogP contribution in [0.2, 0.25) is 0 Å². The second-order valence-corrected chi connectivity index (χ2v) is 8.14. The van der Waals surface area contributed by atoms with E-state index in [1.807, 2.05) is 24.3 Å². The van der Waals surface area contributed by atoms with Crippen LogP contribution in [0.1, 0.15) is 15.9 Å². The van der Waals surface area contributed by atoms with Crippen molar-refractivity contribution in [2.75, 3.05) is 7.05 Å². The number of Topliss-reactive ketones (excluding diaryl/α,β-unsaturated/α-hetero) is 1. The summed E-state index contributed by atoms with van der Waals surface area (Å²) in [5.74, 6) is -1.89. The topological polar surface area (TPSA) is 74.7 Å². The van der Waals surface area contributed by atoms with Gasteiger partial charge in [-0.1, -0.05) is 36.4 Å². The van der Waals surface area contributed by atoms with Gasteiger partial charge in [-0.25, -0.2) is 12.8 Å². The van der Waals surface area contributed by atoms with Crippen LogP contribution in [0, 0.1) is 5.82 Å². The molecule has 27 heavy (non-hydrogen) atoms. The molecule has 0 radical (unpaired) electrons. The van der Waals surface area contributed by atoms with Crippen molar-refractivity contribution in [2.24, 2.45) is 0 Å². The summed E-state index contributed by atoms with van der Waals surface area (Å²) < 4.78 is 39.7. The first-order valence-corrected chi connectivity index (χ1v) is 9.50. The van der Waals surface area contributed by atoms with Gasteiger partial charge >= 0.3 is 0 Å². The number of fused-ring (bicyclic) bond motifs is 2. The minimum Gasteiger partial charge on any atom is -0.505 e. The van der Waals surface area contributed by atoms with Gasteiger partial charge in [0.2, 0.25) is 5.78 Å². The van der Waals surface area contributed by atoms with Gasteiger partial charge in [-0.05, 0) is 35.0 Å². The van der Waals surface area contributed by atoms with Crippen LogP contribution in [0.5, 0.6) is 0 Å². The Morgan fingerprint density at radius 1 is 1.00 bits per heavy atom. The molecule has 7 heteroatoms. The summed E-state index contributed by atoms with van der Waals surface area (Å²) in [6.45, 7) is 0. The summed E-state index contributed by atoms with van der Waals surface area (Å²) in [5.41, 5.74) is -0.231. The summed E-state index contributed by atoms with van der Waals surface area (Å²) in [7, 11) is -3.01. The fraction of sp³-hybridized carbons (Fsp3) is 0.0500. The summed E-state index contributed by atoms with van der Waals surface area (Å²) in [4.78, 5) is 12.7. The Labute approximate surface area is 155 Å². The van der Waals surface area contributed by atoms with Crippen LogP contribution < -0.4 is 0 Å². The van der Waals surface area contributed by atoms with Crippen molar-refractivity contribution in [1.29, 1.82) is 0 Å². The molecule has 0 fully saturated rings. The Kier molecular flexibility index (Phi) is 3.78. The molecule has 5 nitrogen and oxygen atoms in total. The predicted molar refractivity (Wildman–Crippen MR) is 99.2 cm³/mol. The maximum atomic E-state index is 13.5. The van der Waals surface area contributed by atoms with E-state index < -0.39 is 27.4 Å². The minimum atomic E-state index is -4.17. The van der Waals surface area contributed by atoms with Gasteiger partial charge in [0.05, 0.1) is 0 Å². The molecule has 136 valence electrons. The molecule has 0 amide bonds. The molecule has 4 rings (SSSR count). The van der Waals surface area contributed by atoms with Gasteiger partial charge in [0.25, 0.3) is 10.0 Å². The molecule has 3 aromatic carbocycles. The fourth-order valence-corrected chi connectivity index (χ4v) is 4.58. The maximum Gasteiger partial charge on any atom is 0.265 e. The number of hydrogen-bond donors (Lipinski definition) is 1. The molecule has 0 unspecified atom stereocenters. The fourth-order valence-electron chi connectivity index (χ4n) is 3.17. The Bertz CT molecular complexity index is 1250. The van der Waals surface area contributed by atoms with Crippen LogP contribution in [0.25, 0.3) is 16.5 Å². The third kappa shape index (κ3) is 2.59. The Morgan fingerprint density at radius 2 is 1.70 bits per heavy atom. The highest BCUT2D eigenvalue weighted by atomic mass is 32.2. The summed E-state index contributed by atoms with van der Waals surface area (Å²) >= 11 is 0. The van der Waals surface area contributed by atoms with E-state index in [0.29, 0.717) is 4.31 Å². The highest BCUT2D eigenvalue weighted by molar-refractivity contribution is 7.89. The van der Waals surface area contributed by atoms with Gasteiger partial charge in [-0.3, -0.25) is 9.10 Å². The van der Waals surface area contributed by atoms with Gasteiger partial charge in [-0.15, -0.1) is 0 Å². The number of likely N-dealkylation sites (N-methyl/N-ethyl adjacent to an activating group) is 1. The molecule has 0 aliphatic carbocycles. The van der Waals surface area contributed by atoms with Crippen molar-refractivity contribution >= 4 is 32.3 Å². The number of carbonyl (C=O) groups excluding carboxylic acids is 1. The van der Waals surface area contributed by atoms with Gasteiger partial charge in [-0.2, -0.15) is 0 Å². The molecule has 1 aliphatic heterocycles. The normalized spacial score (nSPS) is 15.7. The van der Waals surface area contributed by atoms with E-state index in [9.17, 15) is 22.7 Å². The van der Waals surface area contributed by atoms with Gasteiger partial charge in [0.15, 0.2) is 5.76 Å². The number of halogens is 1. The Hall–Kier alpha value is -3.19. The maximum absolute atomic E-state index is 13.5. The van der Waals surface area contributed by atoms with Crippen LogP contribution in [0.15, 0.2) is 71.3 Å². The number of sulfonamides is 1. The second kappa shape index (κ2) is 5.92. The first kappa shape index (κ1) is 17.2. The zero-order valence-electron chi connectivity index (χ0n) is 14.2. The average molecular weight is 383 g/mol. The molecule has 0 saturated heterocycles. The van der Waals surface area contributed by atoms with Crippen LogP contribution in [-0.4, -0.2) is 30.7 Å². The first-order valence-electron chi connectivity index (χ1n) is 8.06. The third-order valence-electron chi connectivity index (χ3n) is 4.60. The van der Waals surface area contributed by atoms with E-state index in [1.54, 1.807) is 18.2 Å². The van der Waals surface area contributed by atoms with Crippen molar-refractivity contribution < 1.29 is 22.7 Å². The highest BCUT2D eigenvalue weighted by Crippen LogP contribution is 2.36. The average Bonchev–Trinajstić information content (AvgIpc) is 2.66. The van der Waals surface area contributed by atoms with Crippen molar-refractivity contribution in [3.05, 3.63) is 83.3 Å². The molecule has 0 aromatic heterocycles. The number of allylic oxidation sites excluding steroid dienone is 1. The number of aliphatic hydroxyl groups excluding tert-OH is 1.